The van der Waals surface area contributed by atoms with Gasteiger partial charge in [-0.1, -0.05) is 80.9 Å². The first-order valence-electron chi connectivity index (χ1n) is 7.69. The lowest BCUT2D eigenvalue weighted by molar-refractivity contribution is 0.630. The van der Waals surface area contributed by atoms with Gasteiger partial charge in [-0.2, -0.15) is 11.8 Å². The first kappa shape index (κ1) is 16.1. The van der Waals surface area contributed by atoms with E-state index in [9.17, 15) is 0 Å². The van der Waals surface area contributed by atoms with Gasteiger partial charge >= 0.3 is 0 Å². The number of rotatable bonds is 7. The van der Waals surface area contributed by atoms with Crippen molar-refractivity contribution in [2.75, 3.05) is 5.75 Å². The Balaban J connectivity index is 2.19. The molecule has 0 aliphatic carbocycles. The van der Waals surface area contributed by atoms with Crippen LogP contribution in [0.3, 0.4) is 0 Å². The topological polar surface area (TPSA) is 26.0 Å². The summed E-state index contributed by atoms with van der Waals surface area (Å²) < 4.78 is 0. The van der Waals surface area contributed by atoms with E-state index >= 15 is 0 Å². The second-order valence-corrected chi connectivity index (χ2v) is 6.79. The highest BCUT2D eigenvalue weighted by molar-refractivity contribution is 7.99. The number of benzene rings is 2. The van der Waals surface area contributed by atoms with Gasteiger partial charge in [0.15, 0.2) is 0 Å². The Hall–Kier alpha value is -1.25. The van der Waals surface area contributed by atoms with Gasteiger partial charge in [-0.25, -0.2) is 0 Å². The van der Waals surface area contributed by atoms with Crippen LogP contribution < -0.4 is 5.73 Å². The molecule has 2 aromatic carbocycles. The summed E-state index contributed by atoms with van der Waals surface area (Å²) in [4.78, 5) is 0. The SMILES string of the molecule is CCC(C)CSC(c1ccccc1)C(N)c1ccccc1. The Morgan fingerprint density at radius 1 is 0.905 bits per heavy atom. The third-order valence-corrected chi connectivity index (χ3v) is 5.58. The third kappa shape index (κ3) is 4.62. The maximum Gasteiger partial charge on any atom is 0.0490 e. The van der Waals surface area contributed by atoms with Gasteiger partial charge in [0.2, 0.25) is 0 Å². The Bertz CT molecular complexity index is 512. The normalized spacial score (nSPS) is 15.4. The van der Waals surface area contributed by atoms with Gasteiger partial charge in [-0.3, -0.25) is 0 Å². The van der Waals surface area contributed by atoms with E-state index in [1.807, 2.05) is 17.8 Å². The van der Waals surface area contributed by atoms with Crippen molar-refractivity contribution in [2.45, 2.75) is 31.6 Å². The molecule has 21 heavy (non-hydrogen) atoms. The van der Waals surface area contributed by atoms with Gasteiger partial charge in [0.1, 0.15) is 0 Å². The van der Waals surface area contributed by atoms with Gasteiger partial charge in [0, 0.05) is 11.3 Å². The summed E-state index contributed by atoms with van der Waals surface area (Å²) in [6, 6.07) is 21.1. The second-order valence-electron chi connectivity index (χ2n) is 5.61. The van der Waals surface area contributed by atoms with Crippen molar-refractivity contribution in [1.29, 1.82) is 0 Å². The fourth-order valence-electron chi connectivity index (χ4n) is 2.29. The van der Waals surface area contributed by atoms with Crippen molar-refractivity contribution < 1.29 is 0 Å². The van der Waals surface area contributed by atoms with Gasteiger partial charge < -0.3 is 5.73 Å². The molecule has 0 radical (unpaired) electrons. The minimum Gasteiger partial charge on any atom is -0.323 e. The summed E-state index contributed by atoms with van der Waals surface area (Å²) in [5.74, 6) is 1.88. The molecule has 3 atom stereocenters. The van der Waals surface area contributed by atoms with Crippen molar-refractivity contribution in [1.82, 2.24) is 0 Å². The summed E-state index contributed by atoms with van der Waals surface area (Å²) >= 11 is 1.99. The van der Waals surface area contributed by atoms with Crippen molar-refractivity contribution in [2.24, 2.45) is 11.7 Å². The minimum atomic E-state index is 0.0302. The highest BCUT2D eigenvalue weighted by Gasteiger charge is 2.22. The molecule has 2 aromatic rings. The van der Waals surface area contributed by atoms with Crippen molar-refractivity contribution in [3.05, 3.63) is 71.8 Å². The van der Waals surface area contributed by atoms with Crippen LogP contribution in [0.2, 0.25) is 0 Å². The Kier molecular flexibility index (Phi) is 6.34. The Morgan fingerprint density at radius 3 is 1.95 bits per heavy atom. The molecule has 0 aromatic heterocycles. The van der Waals surface area contributed by atoms with E-state index in [2.05, 4.69) is 68.4 Å². The molecular formula is C19H25NS. The van der Waals surface area contributed by atoms with Crippen molar-refractivity contribution in [3.8, 4) is 0 Å². The monoisotopic (exact) mass is 299 g/mol. The molecule has 2 rings (SSSR count). The highest BCUT2D eigenvalue weighted by atomic mass is 32.2. The van der Waals surface area contributed by atoms with E-state index in [4.69, 9.17) is 5.73 Å². The molecule has 112 valence electrons. The molecule has 1 nitrogen and oxygen atoms in total. The van der Waals surface area contributed by atoms with Crippen LogP contribution in [-0.4, -0.2) is 5.75 Å². The minimum absolute atomic E-state index is 0.0302. The average Bonchev–Trinajstić information content (AvgIpc) is 2.56. The van der Waals surface area contributed by atoms with Crippen LogP contribution in [0.25, 0.3) is 0 Å². The van der Waals surface area contributed by atoms with Crippen molar-refractivity contribution >= 4 is 11.8 Å². The summed E-state index contributed by atoms with van der Waals surface area (Å²) in [5, 5.41) is 0.308. The zero-order valence-corrected chi connectivity index (χ0v) is 13.7. The fraction of sp³-hybridized carbons (Fsp3) is 0.368. The molecule has 2 N–H and O–H groups in total. The first-order valence-corrected chi connectivity index (χ1v) is 8.74. The zero-order valence-electron chi connectivity index (χ0n) is 12.9. The van der Waals surface area contributed by atoms with Crippen LogP contribution in [0.1, 0.15) is 42.7 Å². The molecule has 0 aliphatic heterocycles. The third-order valence-electron chi connectivity index (χ3n) is 3.90. The second kappa shape index (κ2) is 8.26. The summed E-state index contributed by atoms with van der Waals surface area (Å²) in [6.45, 7) is 4.56. The lowest BCUT2D eigenvalue weighted by Gasteiger charge is -2.25. The first-order chi connectivity index (χ1) is 10.2. The van der Waals surface area contributed by atoms with E-state index in [-0.39, 0.29) is 6.04 Å². The van der Waals surface area contributed by atoms with Gasteiger partial charge in [0.25, 0.3) is 0 Å². The molecule has 0 amide bonds. The molecular weight excluding hydrogens is 274 g/mol. The molecule has 0 saturated heterocycles. The number of hydrogen-bond acceptors (Lipinski definition) is 2. The smallest absolute Gasteiger partial charge is 0.0490 e. The number of nitrogens with two attached hydrogens (primary N) is 1. The van der Waals surface area contributed by atoms with E-state index in [0.29, 0.717) is 5.25 Å². The highest BCUT2D eigenvalue weighted by Crippen LogP contribution is 2.39. The maximum absolute atomic E-state index is 6.58. The molecule has 0 bridgehead atoms. The quantitative estimate of drug-likeness (QED) is 0.759. The van der Waals surface area contributed by atoms with Crippen LogP contribution in [0.15, 0.2) is 60.7 Å². The summed E-state index contributed by atoms with van der Waals surface area (Å²) in [7, 11) is 0. The summed E-state index contributed by atoms with van der Waals surface area (Å²) in [6.07, 6.45) is 1.22. The largest absolute Gasteiger partial charge is 0.323 e. The zero-order chi connectivity index (χ0) is 15.1. The Morgan fingerprint density at radius 2 is 1.43 bits per heavy atom. The lowest BCUT2D eigenvalue weighted by atomic mass is 9.99. The predicted molar refractivity (Wildman–Crippen MR) is 94.5 cm³/mol. The van der Waals surface area contributed by atoms with Crippen LogP contribution in [0.5, 0.6) is 0 Å². The van der Waals surface area contributed by atoms with Gasteiger partial charge in [0.05, 0.1) is 0 Å². The van der Waals surface area contributed by atoms with Crippen LogP contribution in [0.4, 0.5) is 0 Å². The van der Waals surface area contributed by atoms with E-state index in [1.54, 1.807) is 0 Å². The molecule has 0 aliphatic rings. The maximum atomic E-state index is 6.58. The molecule has 3 unspecified atom stereocenters. The van der Waals surface area contributed by atoms with Crippen LogP contribution in [-0.2, 0) is 0 Å². The van der Waals surface area contributed by atoms with E-state index < -0.39 is 0 Å². The average molecular weight is 299 g/mol. The summed E-state index contributed by atoms with van der Waals surface area (Å²) in [5.41, 5.74) is 9.11. The molecule has 0 spiro atoms. The standard InChI is InChI=1S/C19H25NS/c1-3-15(2)14-21-19(17-12-8-5-9-13-17)18(20)16-10-6-4-7-11-16/h4-13,15,18-19H,3,14,20H2,1-2H3. The predicted octanol–water partition coefficient (Wildman–Crippen LogP) is 5.21. The number of thioether (sulfide) groups is 1. The van der Waals surface area contributed by atoms with Crippen LogP contribution in [0, 0.1) is 5.92 Å². The van der Waals surface area contributed by atoms with Crippen LogP contribution >= 0.6 is 11.8 Å². The van der Waals surface area contributed by atoms with E-state index in [0.717, 1.165) is 11.7 Å². The van der Waals surface area contributed by atoms with E-state index in [1.165, 1.54) is 17.5 Å². The van der Waals surface area contributed by atoms with Gasteiger partial charge in [-0.15, -0.1) is 0 Å². The fourth-order valence-corrected chi connectivity index (χ4v) is 3.77. The molecule has 0 fully saturated rings. The molecule has 0 heterocycles. The number of hydrogen-bond donors (Lipinski definition) is 1. The van der Waals surface area contributed by atoms with Crippen molar-refractivity contribution in [3.63, 3.8) is 0 Å². The lowest BCUT2D eigenvalue weighted by Crippen LogP contribution is -2.18. The Labute approximate surface area is 133 Å². The van der Waals surface area contributed by atoms with Gasteiger partial charge in [-0.05, 0) is 22.8 Å². The molecule has 2 heteroatoms. The molecule has 0 saturated carbocycles.